The number of carbonyl (C=O) groups is 1. The summed E-state index contributed by atoms with van der Waals surface area (Å²) in [5, 5.41) is 3.64. The zero-order valence-electron chi connectivity index (χ0n) is 13.0. The first-order valence-electron chi connectivity index (χ1n) is 8.38. The van der Waals surface area contributed by atoms with Gasteiger partial charge in [0, 0.05) is 10.7 Å². The van der Waals surface area contributed by atoms with Gasteiger partial charge >= 0.3 is 6.03 Å². The van der Waals surface area contributed by atoms with Gasteiger partial charge in [-0.25, -0.2) is 4.79 Å². The predicted molar refractivity (Wildman–Crippen MR) is 89.6 cm³/mol. The van der Waals surface area contributed by atoms with Crippen LogP contribution in [0.25, 0.3) is 0 Å². The van der Waals surface area contributed by atoms with Gasteiger partial charge in [-0.3, -0.25) is 0 Å². The second-order valence-electron chi connectivity index (χ2n) is 6.42. The first kappa shape index (κ1) is 15.6. The van der Waals surface area contributed by atoms with Crippen molar-refractivity contribution in [1.82, 2.24) is 4.90 Å². The summed E-state index contributed by atoms with van der Waals surface area (Å²) in [4.78, 5) is 15.9. The van der Waals surface area contributed by atoms with Crippen molar-refractivity contribution < 1.29 is 9.69 Å². The lowest BCUT2D eigenvalue weighted by molar-refractivity contribution is -0.930. The molecule has 1 aliphatic heterocycles. The first-order valence-corrected chi connectivity index (χ1v) is 8.76. The molecule has 4 nitrogen and oxygen atoms in total. The summed E-state index contributed by atoms with van der Waals surface area (Å²) >= 11 is 5.86. The quantitative estimate of drug-likeness (QED) is 0.862. The lowest BCUT2D eigenvalue weighted by Crippen LogP contribution is -3.18. The van der Waals surface area contributed by atoms with Gasteiger partial charge in [-0.1, -0.05) is 18.0 Å². The maximum Gasteiger partial charge on any atom is 0.322 e. The standard InChI is InChI=1S/C17H24ClN3O/c18-14-6-8-15(9-7-14)19-17(22)21-12-10-20(11-13-21)16-4-2-1-3-5-16/h6-9,16H,1-5,10-13H2,(H,19,22)/p+1. The molecule has 1 saturated carbocycles. The van der Waals surface area contributed by atoms with E-state index in [1.807, 2.05) is 17.0 Å². The van der Waals surface area contributed by atoms with E-state index in [0.717, 1.165) is 37.9 Å². The summed E-state index contributed by atoms with van der Waals surface area (Å²) in [5.41, 5.74) is 0.802. The van der Waals surface area contributed by atoms with Crippen LogP contribution in [0.4, 0.5) is 10.5 Å². The summed E-state index contributed by atoms with van der Waals surface area (Å²) in [6.07, 6.45) is 6.90. The molecular formula is C17H25ClN3O+. The molecule has 0 bridgehead atoms. The topological polar surface area (TPSA) is 36.8 Å². The average molecular weight is 323 g/mol. The number of urea groups is 1. The number of hydrogen-bond acceptors (Lipinski definition) is 1. The lowest BCUT2D eigenvalue weighted by atomic mass is 9.94. The Bertz CT molecular complexity index is 491. The van der Waals surface area contributed by atoms with Crippen LogP contribution in [0.15, 0.2) is 24.3 Å². The van der Waals surface area contributed by atoms with Crippen molar-refractivity contribution in [1.29, 1.82) is 0 Å². The Balaban J connectivity index is 1.48. The molecule has 120 valence electrons. The van der Waals surface area contributed by atoms with Crippen molar-refractivity contribution in [2.24, 2.45) is 0 Å². The van der Waals surface area contributed by atoms with Crippen LogP contribution in [-0.2, 0) is 0 Å². The van der Waals surface area contributed by atoms with Crippen LogP contribution < -0.4 is 10.2 Å². The zero-order chi connectivity index (χ0) is 15.4. The van der Waals surface area contributed by atoms with Crippen molar-refractivity contribution in [3.05, 3.63) is 29.3 Å². The Kier molecular flexibility index (Phi) is 5.21. The van der Waals surface area contributed by atoms with Crippen LogP contribution in [0.3, 0.4) is 0 Å². The van der Waals surface area contributed by atoms with Gasteiger partial charge in [0.2, 0.25) is 0 Å². The minimum absolute atomic E-state index is 0.00465. The highest BCUT2D eigenvalue weighted by Crippen LogP contribution is 2.16. The van der Waals surface area contributed by atoms with Crippen LogP contribution >= 0.6 is 11.6 Å². The van der Waals surface area contributed by atoms with Crippen molar-refractivity contribution in [3.63, 3.8) is 0 Å². The second-order valence-corrected chi connectivity index (χ2v) is 6.85. The third kappa shape index (κ3) is 3.93. The molecule has 1 saturated heterocycles. The molecular weight excluding hydrogens is 298 g/mol. The highest BCUT2D eigenvalue weighted by atomic mass is 35.5. The molecule has 22 heavy (non-hydrogen) atoms. The third-order valence-corrected chi connectivity index (χ3v) is 5.22. The van der Waals surface area contributed by atoms with E-state index in [2.05, 4.69) is 5.32 Å². The van der Waals surface area contributed by atoms with Crippen molar-refractivity contribution in [2.75, 3.05) is 31.5 Å². The van der Waals surface area contributed by atoms with Gasteiger partial charge in [0.25, 0.3) is 0 Å². The maximum absolute atomic E-state index is 12.3. The number of piperazine rings is 1. The molecule has 1 aliphatic carbocycles. The van der Waals surface area contributed by atoms with Crippen LogP contribution in [0.2, 0.25) is 5.02 Å². The Hall–Kier alpha value is -1.26. The molecule has 0 radical (unpaired) electrons. The Morgan fingerprint density at radius 3 is 2.36 bits per heavy atom. The molecule has 0 aromatic heterocycles. The molecule has 3 rings (SSSR count). The van der Waals surface area contributed by atoms with Gasteiger partial charge in [-0.2, -0.15) is 0 Å². The highest BCUT2D eigenvalue weighted by molar-refractivity contribution is 6.30. The molecule has 5 heteroatoms. The number of nitrogens with one attached hydrogen (secondary N) is 2. The number of anilines is 1. The Morgan fingerprint density at radius 2 is 1.73 bits per heavy atom. The molecule has 1 heterocycles. The fourth-order valence-electron chi connectivity index (χ4n) is 3.65. The summed E-state index contributed by atoms with van der Waals surface area (Å²) in [6, 6.07) is 8.10. The van der Waals surface area contributed by atoms with Crippen molar-refractivity contribution in [2.45, 2.75) is 38.1 Å². The molecule has 2 aliphatic rings. The van der Waals surface area contributed by atoms with Crippen LogP contribution in [-0.4, -0.2) is 43.2 Å². The largest absolute Gasteiger partial charge is 0.330 e. The van der Waals surface area contributed by atoms with Gasteiger partial charge in [0.15, 0.2) is 0 Å². The minimum Gasteiger partial charge on any atom is -0.330 e. The van der Waals surface area contributed by atoms with E-state index in [-0.39, 0.29) is 6.03 Å². The Morgan fingerprint density at radius 1 is 1.09 bits per heavy atom. The summed E-state index contributed by atoms with van der Waals surface area (Å²) in [5.74, 6) is 0. The minimum atomic E-state index is 0.00465. The number of amides is 2. The zero-order valence-corrected chi connectivity index (χ0v) is 13.7. The van der Waals surface area contributed by atoms with Crippen molar-refractivity contribution >= 4 is 23.3 Å². The second kappa shape index (κ2) is 7.34. The van der Waals surface area contributed by atoms with Gasteiger partial charge in [-0.05, 0) is 49.9 Å². The van der Waals surface area contributed by atoms with E-state index in [9.17, 15) is 4.79 Å². The SMILES string of the molecule is O=C(Nc1ccc(Cl)cc1)N1CC[NH+](C2CCCCC2)CC1. The predicted octanol–water partition coefficient (Wildman–Crippen LogP) is 2.41. The molecule has 0 atom stereocenters. The fraction of sp³-hybridized carbons (Fsp3) is 0.588. The summed E-state index contributed by atoms with van der Waals surface area (Å²) in [6.45, 7) is 3.87. The van der Waals surface area contributed by atoms with E-state index in [4.69, 9.17) is 11.6 Å². The van der Waals surface area contributed by atoms with Gasteiger partial charge in [-0.15, -0.1) is 0 Å². The first-order chi connectivity index (χ1) is 10.7. The average Bonchev–Trinajstić information content (AvgIpc) is 2.58. The van der Waals surface area contributed by atoms with E-state index in [1.165, 1.54) is 32.1 Å². The van der Waals surface area contributed by atoms with Gasteiger partial charge < -0.3 is 15.1 Å². The van der Waals surface area contributed by atoms with Crippen LogP contribution in [0.1, 0.15) is 32.1 Å². The number of quaternary nitrogens is 1. The molecule has 2 amide bonds. The number of hydrogen-bond donors (Lipinski definition) is 2. The highest BCUT2D eigenvalue weighted by Gasteiger charge is 2.30. The smallest absolute Gasteiger partial charge is 0.322 e. The molecule has 1 aromatic rings. The number of halogens is 1. The molecule has 0 spiro atoms. The fourth-order valence-corrected chi connectivity index (χ4v) is 3.78. The molecule has 0 unspecified atom stereocenters. The third-order valence-electron chi connectivity index (χ3n) is 4.97. The van der Waals surface area contributed by atoms with E-state index in [0.29, 0.717) is 5.02 Å². The lowest BCUT2D eigenvalue weighted by Gasteiger charge is -2.37. The van der Waals surface area contributed by atoms with E-state index < -0.39 is 0 Å². The maximum atomic E-state index is 12.3. The Labute approximate surface area is 137 Å². The molecule has 1 aromatic carbocycles. The summed E-state index contributed by atoms with van der Waals surface area (Å²) in [7, 11) is 0. The summed E-state index contributed by atoms with van der Waals surface area (Å²) < 4.78 is 0. The van der Waals surface area contributed by atoms with E-state index in [1.54, 1.807) is 17.0 Å². The molecule has 2 fully saturated rings. The number of benzene rings is 1. The normalized spacial score (nSPS) is 20.9. The van der Waals surface area contributed by atoms with Crippen molar-refractivity contribution in [3.8, 4) is 0 Å². The molecule has 2 N–H and O–H groups in total. The van der Waals surface area contributed by atoms with Crippen LogP contribution in [0, 0.1) is 0 Å². The number of rotatable bonds is 2. The number of nitrogens with zero attached hydrogens (tertiary/aromatic N) is 1. The van der Waals surface area contributed by atoms with Gasteiger partial charge in [0.05, 0.1) is 32.2 Å². The van der Waals surface area contributed by atoms with E-state index >= 15 is 0 Å². The van der Waals surface area contributed by atoms with Gasteiger partial charge in [0.1, 0.15) is 0 Å². The monoisotopic (exact) mass is 322 g/mol. The number of carbonyl (C=O) groups excluding carboxylic acids is 1. The van der Waals surface area contributed by atoms with Crippen LogP contribution in [0.5, 0.6) is 0 Å².